The Bertz CT molecular complexity index is 773. The molecule has 2 N–H and O–H groups in total. The van der Waals surface area contributed by atoms with Crippen LogP contribution in [0.5, 0.6) is 5.75 Å². The van der Waals surface area contributed by atoms with E-state index in [1.165, 1.54) is 11.9 Å². The number of aromatic nitrogens is 2. The van der Waals surface area contributed by atoms with E-state index in [1.54, 1.807) is 13.3 Å². The Balaban J connectivity index is 1.47. The normalized spacial score (nSPS) is 20.3. The SMILES string of the molecule is COc1ccccc1C1(CNC(=O)C2NCc3ncncc32)CC1. The third-order valence-corrected chi connectivity index (χ3v) is 5.01. The standard InChI is InChI=1S/C18H20N4O2/c1-24-15-5-3-2-4-13(15)18(6-7-18)10-21-17(23)16-12-8-19-11-22-14(12)9-20-16/h2-5,8,11,16,20H,6-7,9-10H2,1H3,(H,21,23). The second-order valence-electron chi connectivity index (χ2n) is 6.44. The van der Waals surface area contributed by atoms with Gasteiger partial charge in [0.15, 0.2) is 0 Å². The van der Waals surface area contributed by atoms with Crippen LogP contribution in [0, 0.1) is 0 Å². The second-order valence-corrected chi connectivity index (χ2v) is 6.44. The third-order valence-electron chi connectivity index (χ3n) is 5.01. The first-order chi connectivity index (χ1) is 11.7. The number of benzene rings is 1. The summed E-state index contributed by atoms with van der Waals surface area (Å²) < 4.78 is 5.48. The summed E-state index contributed by atoms with van der Waals surface area (Å²) in [5, 5.41) is 6.31. The quantitative estimate of drug-likeness (QED) is 0.871. The molecule has 0 bridgehead atoms. The van der Waals surface area contributed by atoms with Crippen LogP contribution >= 0.6 is 0 Å². The van der Waals surface area contributed by atoms with Crippen LogP contribution in [-0.4, -0.2) is 29.5 Å². The van der Waals surface area contributed by atoms with Gasteiger partial charge in [-0.1, -0.05) is 18.2 Å². The summed E-state index contributed by atoms with van der Waals surface area (Å²) in [6.45, 7) is 1.22. The molecular formula is C18H20N4O2. The van der Waals surface area contributed by atoms with Gasteiger partial charge >= 0.3 is 0 Å². The van der Waals surface area contributed by atoms with Gasteiger partial charge in [0.05, 0.1) is 12.8 Å². The monoisotopic (exact) mass is 324 g/mol. The molecule has 1 atom stereocenters. The maximum atomic E-state index is 12.6. The summed E-state index contributed by atoms with van der Waals surface area (Å²) in [5.41, 5.74) is 2.95. The molecule has 1 aromatic heterocycles. The van der Waals surface area contributed by atoms with Crippen LogP contribution in [0.4, 0.5) is 0 Å². The van der Waals surface area contributed by atoms with Gasteiger partial charge in [0.1, 0.15) is 18.1 Å². The number of nitrogens with zero attached hydrogens (tertiary/aromatic N) is 2. The van der Waals surface area contributed by atoms with Crippen molar-refractivity contribution in [3.05, 3.63) is 53.6 Å². The Labute approximate surface area is 140 Å². The van der Waals surface area contributed by atoms with Crippen LogP contribution in [0.3, 0.4) is 0 Å². The Morgan fingerprint density at radius 2 is 2.25 bits per heavy atom. The summed E-state index contributed by atoms with van der Waals surface area (Å²) in [5.74, 6) is 0.867. The Kier molecular flexibility index (Phi) is 3.69. The van der Waals surface area contributed by atoms with Crippen LogP contribution < -0.4 is 15.4 Å². The molecule has 2 aliphatic rings. The van der Waals surface area contributed by atoms with E-state index in [-0.39, 0.29) is 17.4 Å². The first-order valence-electron chi connectivity index (χ1n) is 8.17. The summed E-state index contributed by atoms with van der Waals surface area (Å²) in [4.78, 5) is 20.9. The highest BCUT2D eigenvalue weighted by atomic mass is 16.5. The van der Waals surface area contributed by atoms with Crippen molar-refractivity contribution in [1.29, 1.82) is 0 Å². The average Bonchev–Trinajstić information content (AvgIpc) is 3.30. The van der Waals surface area contributed by atoms with Gasteiger partial charge in [0, 0.05) is 35.8 Å². The minimum absolute atomic E-state index is 0.00309. The van der Waals surface area contributed by atoms with Crippen molar-refractivity contribution in [1.82, 2.24) is 20.6 Å². The van der Waals surface area contributed by atoms with Gasteiger partial charge in [0.25, 0.3) is 0 Å². The zero-order valence-corrected chi connectivity index (χ0v) is 13.6. The van der Waals surface area contributed by atoms with Crippen molar-refractivity contribution in [3.63, 3.8) is 0 Å². The van der Waals surface area contributed by atoms with E-state index in [0.29, 0.717) is 13.1 Å². The maximum absolute atomic E-state index is 12.6. The highest BCUT2D eigenvalue weighted by Crippen LogP contribution is 2.50. The van der Waals surface area contributed by atoms with Crippen LogP contribution in [0.2, 0.25) is 0 Å². The molecule has 6 heteroatoms. The Morgan fingerprint density at radius 3 is 3.04 bits per heavy atom. The molecule has 2 heterocycles. The number of para-hydroxylation sites is 1. The predicted molar refractivity (Wildman–Crippen MR) is 88.5 cm³/mol. The van der Waals surface area contributed by atoms with Crippen molar-refractivity contribution < 1.29 is 9.53 Å². The predicted octanol–water partition coefficient (Wildman–Crippen LogP) is 1.48. The van der Waals surface area contributed by atoms with E-state index in [1.807, 2.05) is 18.2 Å². The number of carbonyl (C=O) groups excluding carboxylic acids is 1. The summed E-state index contributed by atoms with van der Waals surface area (Å²) in [6.07, 6.45) is 5.36. The first kappa shape index (κ1) is 15.1. The minimum atomic E-state index is -0.366. The topological polar surface area (TPSA) is 76.1 Å². The van der Waals surface area contributed by atoms with Crippen LogP contribution in [0.15, 0.2) is 36.8 Å². The number of hydrogen-bond donors (Lipinski definition) is 2. The van der Waals surface area contributed by atoms with Gasteiger partial charge in [0.2, 0.25) is 5.91 Å². The largest absolute Gasteiger partial charge is 0.496 e. The maximum Gasteiger partial charge on any atom is 0.241 e. The van der Waals surface area contributed by atoms with Crippen molar-refractivity contribution >= 4 is 5.91 Å². The number of methoxy groups -OCH3 is 1. The number of ether oxygens (including phenoxy) is 1. The van der Waals surface area contributed by atoms with E-state index in [0.717, 1.165) is 29.8 Å². The van der Waals surface area contributed by atoms with E-state index < -0.39 is 0 Å². The molecule has 1 aromatic carbocycles. The minimum Gasteiger partial charge on any atom is -0.496 e. The molecule has 1 aliphatic carbocycles. The molecule has 24 heavy (non-hydrogen) atoms. The highest BCUT2D eigenvalue weighted by Gasteiger charge is 2.46. The molecule has 4 rings (SSSR count). The van der Waals surface area contributed by atoms with Crippen LogP contribution in [0.25, 0.3) is 0 Å². The van der Waals surface area contributed by atoms with Gasteiger partial charge in [-0.05, 0) is 18.9 Å². The molecule has 1 aliphatic heterocycles. The van der Waals surface area contributed by atoms with E-state index in [4.69, 9.17) is 4.74 Å². The van der Waals surface area contributed by atoms with Crippen molar-refractivity contribution in [2.24, 2.45) is 0 Å². The fourth-order valence-electron chi connectivity index (χ4n) is 3.43. The molecule has 0 saturated heterocycles. The molecule has 1 saturated carbocycles. The van der Waals surface area contributed by atoms with Gasteiger partial charge in [-0.15, -0.1) is 0 Å². The molecule has 0 radical (unpaired) electrons. The number of fused-ring (bicyclic) bond motifs is 1. The molecule has 2 aromatic rings. The van der Waals surface area contributed by atoms with Crippen molar-refractivity contribution in [2.45, 2.75) is 30.8 Å². The number of amides is 1. The average molecular weight is 324 g/mol. The van der Waals surface area contributed by atoms with Crippen LogP contribution in [-0.2, 0) is 16.8 Å². The highest BCUT2D eigenvalue weighted by molar-refractivity contribution is 5.84. The van der Waals surface area contributed by atoms with E-state index in [9.17, 15) is 4.79 Å². The second kappa shape index (κ2) is 5.87. The van der Waals surface area contributed by atoms with E-state index >= 15 is 0 Å². The molecule has 124 valence electrons. The zero-order chi connectivity index (χ0) is 16.6. The summed E-state index contributed by atoms with van der Waals surface area (Å²) in [6, 6.07) is 7.69. The van der Waals surface area contributed by atoms with Gasteiger partial charge in [-0.3, -0.25) is 10.1 Å². The van der Waals surface area contributed by atoms with Crippen LogP contribution in [0.1, 0.15) is 35.7 Å². The lowest BCUT2D eigenvalue weighted by molar-refractivity contribution is -0.123. The fraction of sp³-hybridized carbons (Fsp3) is 0.389. The lowest BCUT2D eigenvalue weighted by Crippen LogP contribution is -2.38. The Morgan fingerprint density at radius 1 is 1.42 bits per heavy atom. The van der Waals surface area contributed by atoms with Gasteiger partial charge in [-0.25, -0.2) is 9.97 Å². The van der Waals surface area contributed by atoms with Crippen molar-refractivity contribution in [3.8, 4) is 5.75 Å². The van der Waals surface area contributed by atoms with Gasteiger partial charge in [-0.2, -0.15) is 0 Å². The molecule has 0 spiro atoms. The number of nitrogens with one attached hydrogen (secondary N) is 2. The first-order valence-corrected chi connectivity index (χ1v) is 8.17. The van der Waals surface area contributed by atoms with Gasteiger partial charge < -0.3 is 10.1 Å². The molecule has 1 fully saturated rings. The third kappa shape index (κ3) is 2.53. The summed E-state index contributed by atoms with van der Waals surface area (Å²) in [7, 11) is 1.69. The molecule has 1 amide bonds. The van der Waals surface area contributed by atoms with E-state index in [2.05, 4.69) is 26.7 Å². The molecule has 1 unspecified atom stereocenters. The Hall–Kier alpha value is -2.47. The molecule has 6 nitrogen and oxygen atoms in total. The zero-order valence-electron chi connectivity index (χ0n) is 13.6. The molecular weight excluding hydrogens is 304 g/mol. The van der Waals surface area contributed by atoms with Crippen molar-refractivity contribution in [2.75, 3.05) is 13.7 Å². The number of carbonyl (C=O) groups is 1. The lowest BCUT2D eigenvalue weighted by Gasteiger charge is -2.21. The fourth-order valence-corrected chi connectivity index (χ4v) is 3.43. The lowest BCUT2D eigenvalue weighted by atomic mass is 9.94. The summed E-state index contributed by atoms with van der Waals surface area (Å²) >= 11 is 0. The number of rotatable bonds is 5. The number of hydrogen-bond acceptors (Lipinski definition) is 5. The smallest absolute Gasteiger partial charge is 0.241 e.